The Morgan fingerprint density at radius 3 is 2.84 bits per heavy atom. The van der Waals surface area contributed by atoms with Crippen molar-refractivity contribution >= 4 is 12.0 Å². The normalized spacial score (nSPS) is 19.4. The van der Waals surface area contributed by atoms with Gasteiger partial charge in [0.15, 0.2) is 0 Å². The van der Waals surface area contributed by atoms with Gasteiger partial charge in [0.1, 0.15) is 0 Å². The molecule has 1 heterocycles. The van der Waals surface area contributed by atoms with Crippen molar-refractivity contribution < 1.29 is 9.53 Å². The second-order valence-corrected chi connectivity index (χ2v) is 4.78. The average Bonchev–Trinajstić information content (AvgIpc) is 2.96. The Balaban J connectivity index is 1.93. The molecule has 1 aliphatic heterocycles. The van der Waals surface area contributed by atoms with Crippen molar-refractivity contribution in [2.45, 2.75) is 32.3 Å². The maximum Gasteiger partial charge on any atom is 0.247 e. The lowest BCUT2D eigenvalue weighted by Gasteiger charge is -2.12. The molecule has 2 rings (SSSR count). The summed E-state index contributed by atoms with van der Waals surface area (Å²) in [6.07, 6.45) is 5.01. The number of rotatable bonds is 5. The number of carbonyl (C=O) groups is 1. The molecule has 0 spiro atoms. The largest absolute Gasteiger partial charge is 0.376 e. The van der Waals surface area contributed by atoms with Crippen LogP contribution in [0.2, 0.25) is 0 Å². The average molecular weight is 259 g/mol. The highest BCUT2D eigenvalue weighted by molar-refractivity contribution is 5.97. The lowest BCUT2D eigenvalue weighted by molar-refractivity contribution is -0.118. The summed E-state index contributed by atoms with van der Waals surface area (Å²) in [6.45, 7) is 3.44. The highest BCUT2D eigenvalue weighted by Gasteiger charge is 2.16. The first-order valence-electron chi connectivity index (χ1n) is 6.95. The van der Waals surface area contributed by atoms with Crippen LogP contribution in [0.5, 0.6) is 0 Å². The predicted octanol–water partition coefficient (Wildman–Crippen LogP) is 2.78. The zero-order valence-corrected chi connectivity index (χ0v) is 11.4. The number of amides is 1. The third-order valence-electron chi connectivity index (χ3n) is 3.33. The second-order valence-electron chi connectivity index (χ2n) is 4.78. The second kappa shape index (κ2) is 7.10. The third kappa shape index (κ3) is 4.21. The lowest BCUT2D eigenvalue weighted by atomic mass is 10.1. The fourth-order valence-corrected chi connectivity index (χ4v) is 2.20. The van der Waals surface area contributed by atoms with Crippen molar-refractivity contribution in [1.82, 2.24) is 5.32 Å². The van der Waals surface area contributed by atoms with Crippen molar-refractivity contribution in [3.8, 4) is 0 Å². The van der Waals surface area contributed by atoms with Crippen LogP contribution < -0.4 is 5.32 Å². The lowest BCUT2D eigenvalue weighted by Crippen LogP contribution is -2.32. The quantitative estimate of drug-likeness (QED) is 0.826. The molecule has 0 radical (unpaired) electrons. The Bertz CT molecular complexity index is 433. The van der Waals surface area contributed by atoms with E-state index in [-0.39, 0.29) is 12.0 Å². The van der Waals surface area contributed by atoms with E-state index in [2.05, 4.69) is 5.32 Å². The number of hydrogen-bond donors (Lipinski definition) is 1. The number of nitrogens with one attached hydrogen (secondary N) is 1. The van der Waals surface area contributed by atoms with Gasteiger partial charge in [0.05, 0.1) is 6.10 Å². The monoisotopic (exact) mass is 259 g/mol. The van der Waals surface area contributed by atoms with E-state index in [0.717, 1.165) is 37.0 Å². The van der Waals surface area contributed by atoms with E-state index in [1.807, 2.05) is 43.3 Å². The molecule has 19 heavy (non-hydrogen) atoms. The molecule has 1 unspecified atom stereocenters. The molecule has 0 aliphatic carbocycles. The summed E-state index contributed by atoms with van der Waals surface area (Å²) in [5.74, 6) is 0.0156. The van der Waals surface area contributed by atoms with Gasteiger partial charge in [0.25, 0.3) is 0 Å². The van der Waals surface area contributed by atoms with Crippen molar-refractivity contribution in [3.05, 3.63) is 41.5 Å². The molecule has 0 aromatic heterocycles. The van der Waals surface area contributed by atoms with Gasteiger partial charge in [-0.2, -0.15) is 0 Å². The summed E-state index contributed by atoms with van der Waals surface area (Å²) in [6, 6.07) is 9.93. The van der Waals surface area contributed by atoms with E-state index in [9.17, 15) is 4.79 Å². The Labute approximate surface area is 114 Å². The van der Waals surface area contributed by atoms with E-state index in [1.54, 1.807) is 0 Å². The topological polar surface area (TPSA) is 38.3 Å². The first-order chi connectivity index (χ1) is 9.29. The molecule has 1 saturated heterocycles. The van der Waals surface area contributed by atoms with Crippen LogP contribution >= 0.6 is 0 Å². The van der Waals surface area contributed by atoms with Crippen LogP contribution in [0, 0.1) is 0 Å². The van der Waals surface area contributed by atoms with Crippen LogP contribution in [-0.4, -0.2) is 25.2 Å². The third-order valence-corrected chi connectivity index (χ3v) is 3.33. The summed E-state index contributed by atoms with van der Waals surface area (Å²) >= 11 is 0. The zero-order chi connectivity index (χ0) is 13.5. The fourth-order valence-electron chi connectivity index (χ4n) is 2.20. The summed E-state index contributed by atoms with van der Waals surface area (Å²) < 4.78 is 5.50. The summed E-state index contributed by atoms with van der Waals surface area (Å²) in [5.41, 5.74) is 1.87. The molecular weight excluding hydrogens is 238 g/mol. The van der Waals surface area contributed by atoms with Crippen molar-refractivity contribution in [2.75, 3.05) is 13.2 Å². The summed E-state index contributed by atoms with van der Waals surface area (Å²) in [4.78, 5) is 12.1. The van der Waals surface area contributed by atoms with Crippen molar-refractivity contribution in [1.29, 1.82) is 0 Å². The van der Waals surface area contributed by atoms with Gasteiger partial charge in [-0.25, -0.2) is 0 Å². The molecule has 1 N–H and O–H groups in total. The minimum atomic E-state index is 0.0156. The maximum atomic E-state index is 12.1. The molecule has 1 aromatic carbocycles. The van der Waals surface area contributed by atoms with Crippen LogP contribution in [0.15, 0.2) is 35.9 Å². The number of hydrogen-bond acceptors (Lipinski definition) is 2. The van der Waals surface area contributed by atoms with E-state index in [4.69, 9.17) is 4.74 Å². The highest BCUT2D eigenvalue weighted by Crippen LogP contribution is 2.12. The van der Waals surface area contributed by atoms with Crippen molar-refractivity contribution in [2.24, 2.45) is 0 Å². The Kier molecular flexibility index (Phi) is 5.16. The first-order valence-corrected chi connectivity index (χ1v) is 6.95. The van der Waals surface area contributed by atoms with Gasteiger partial charge in [-0.1, -0.05) is 37.3 Å². The highest BCUT2D eigenvalue weighted by atomic mass is 16.5. The Morgan fingerprint density at radius 2 is 2.21 bits per heavy atom. The van der Waals surface area contributed by atoms with Crippen LogP contribution in [-0.2, 0) is 9.53 Å². The Hall–Kier alpha value is -1.61. The van der Waals surface area contributed by atoms with Gasteiger partial charge in [0, 0.05) is 18.7 Å². The summed E-state index contributed by atoms with van der Waals surface area (Å²) in [5, 5.41) is 2.96. The molecule has 1 aromatic rings. The molecule has 1 amide bonds. The fraction of sp³-hybridized carbons (Fsp3) is 0.438. The summed E-state index contributed by atoms with van der Waals surface area (Å²) in [7, 11) is 0. The first kappa shape index (κ1) is 13.8. The smallest absolute Gasteiger partial charge is 0.247 e. The van der Waals surface area contributed by atoms with Gasteiger partial charge < -0.3 is 10.1 Å². The molecule has 3 nitrogen and oxygen atoms in total. The minimum absolute atomic E-state index is 0.0156. The Morgan fingerprint density at radius 1 is 1.42 bits per heavy atom. The van der Waals surface area contributed by atoms with Crippen LogP contribution in [0.1, 0.15) is 31.7 Å². The molecule has 1 atom stereocenters. The zero-order valence-electron chi connectivity index (χ0n) is 11.4. The standard InChI is InChI=1S/C16H21NO2/c1-2-14(11-13-7-4-3-5-8-13)16(18)17-12-15-9-6-10-19-15/h3-5,7-8,11,15H,2,6,9-10,12H2,1H3,(H,17,18)/b14-11+. The SMILES string of the molecule is CC/C(=C\c1ccccc1)C(=O)NCC1CCCO1. The van der Waals surface area contributed by atoms with Crippen LogP contribution in [0.25, 0.3) is 6.08 Å². The van der Waals surface area contributed by atoms with E-state index in [0.29, 0.717) is 6.54 Å². The molecular formula is C16H21NO2. The number of carbonyl (C=O) groups excluding carboxylic acids is 1. The predicted molar refractivity (Wildman–Crippen MR) is 76.7 cm³/mol. The van der Waals surface area contributed by atoms with Crippen molar-refractivity contribution in [3.63, 3.8) is 0 Å². The minimum Gasteiger partial charge on any atom is -0.376 e. The van der Waals surface area contributed by atoms with Gasteiger partial charge in [-0.15, -0.1) is 0 Å². The van der Waals surface area contributed by atoms with E-state index < -0.39 is 0 Å². The van der Waals surface area contributed by atoms with Gasteiger partial charge >= 0.3 is 0 Å². The molecule has 102 valence electrons. The van der Waals surface area contributed by atoms with Gasteiger partial charge in [-0.3, -0.25) is 4.79 Å². The van der Waals surface area contributed by atoms with Gasteiger partial charge in [-0.05, 0) is 30.9 Å². The molecule has 1 aliphatic rings. The molecule has 0 bridgehead atoms. The van der Waals surface area contributed by atoms with Crippen LogP contribution in [0.3, 0.4) is 0 Å². The molecule has 1 fully saturated rings. The number of benzene rings is 1. The van der Waals surface area contributed by atoms with Gasteiger partial charge in [0.2, 0.25) is 5.91 Å². The molecule has 0 saturated carbocycles. The van der Waals surface area contributed by atoms with Crippen LogP contribution in [0.4, 0.5) is 0 Å². The van der Waals surface area contributed by atoms with E-state index in [1.165, 1.54) is 0 Å². The van der Waals surface area contributed by atoms with E-state index >= 15 is 0 Å². The maximum absolute atomic E-state index is 12.1. The molecule has 3 heteroatoms. The number of ether oxygens (including phenoxy) is 1.